The number of morpholine rings is 1. The lowest BCUT2D eigenvalue weighted by Crippen LogP contribution is -2.52. The Bertz CT molecular complexity index is 1080. The molecule has 0 aromatic heterocycles. The number of hydrogen-bond acceptors (Lipinski definition) is 6. The normalized spacial score (nSPS) is 18.2. The van der Waals surface area contributed by atoms with Gasteiger partial charge in [0.25, 0.3) is 0 Å². The molecule has 1 aliphatic heterocycles. The van der Waals surface area contributed by atoms with Gasteiger partial charge in [-0.1, -0.05) is 51.1 Å². The van der Waals surface area contributed by atoms with E-state index in [0.717, 1.165) is 11.4 Å². The molecule has 220 valence electrons. The van der Waals surface area contributed by atoms with Gasteiger partial charge in [-0.2, -0.15) is 13.2 Å². The van der Waals surface area contributed by atoms with Gasteiger partial charge in [-0.3, -0.25) is 10.1 Å². The lowest BCUT2D eigenvalue weighted by Gasteiger charge is -2.32. The summed E-state index contributed by atoms with van der Waals surface area (Å²) in [5.74, 6) is -1.46. The Hall–Kier alpha value is -3.31. The van der Waals surface area contributed by atoms with E-state index in [-0.39, 0.29) is 30.5 Å². The highest BCUT2D eigenvalue weighted by Crippen LogP contribution is 2.33. The first-order valence-corrected chi connectivity index (χ1v) is 13.6. The lowest BCUT2D eigenvalue weighted by molar-refractivity contribution is -0.161. The lowest BCUT2D eigenvalue weighted by atomic mass is 9.99. The van der Waals surface area contributed by atoms with Gasteiger partial charge in [0.05, 0.1) is 19.2 Å². The molecule has 11 heteroatoms. The van der Waals surface area contributed by atoms with Gasteiger partial charge in [0.2, 0.25) is 5.91 Å². The van der Waals surface area contributed by atoms with Crippen LogP contribution in [0.3, 0.4) is 0 Å². The van der Waals surface area contributed by atoms with Crippen LogP contribution in [0, 0.1) is 5.92 Å². The Labute approximate surface area is 233 Å². The molecule has 2 aromatic carbocycles. The summed E-state index contributed by atoms with van der Waals surface area (Å²) in [4.78, 5) is 26.4. The summed E-state index contributed by atoms with van der Waals surface area (Å²) in [6.07, 6.45) is -4.60. The first-order chi connectivity index (χ1) is 19.0. The van der Waals surface area contributed by atoms with Crippen LogP contribution in [0.4, 0.5) is 24.5 Å². The zero-order valence-corrected chi connectivity index (χ0v) is 23.1. The quantitative estimate of drug-likeness (QED) is 0.282. The molecule has 4 N–H and O–H groups in total. The van der Waals surface area contributed by atoms with Crippen LogP contribution in [-0.2, 0) is 14.3 Å². The molecule has 0 unspecified atom stereocenters. The first-order valence-electron chi connectivity index (χ1n) is 13.6. The number of benzene rings is 2. The van der Waals surface area contributed by atoms with Crippen LogP contribution in [0.25, 0.3) is 0 Å². The fraction of sp³-hybridized carbons (Fsp3) is 0.517. The average molecular weight is 565 g/mol. The van der Waals surface area contributed by atoms with Crippen molar-refractivity contribution in [3.05, 3.63) is 60.2 Å². The van der Waals surface area contributed by atoms with Crippen LogP contribution in [-0.4, -0.2) is 67.6 Å². The molecule has 1 amide bonds. The number of carbonyl (C=O) groups is 2. The maximum atomic E-state index is 14.0. The molecule has 1 aliphatic rings. The highest BCUT2D eigenvalue weighted by atomic mass is 19.4. The molecule has 0 radical (unpaired) electrons. The van der Waals surface area contributed by atoms with Crippen molar-refractivity contribution >= 4 is 23.3 Å². The molecule has 4 atom stereocenters. The van der Waals surface area contributed by atoms with Crippen molar-refractivity contribution in [1.29, 1.82) is 0 Å². The smallest absolute Gasteiger partial charge is 0.407 e. The number of ether oxygens (including phenoxy) is 1. The summed E-state index contributed by atoms with van der Waals surface area (Å²) in [5.41, 5.74) is 1.74. The van der Waals surface area contributed by atoms with Gasteiger partial charge >= 0.3 is 12.1 Å². The number of rotatable bonds is 13. The van der Waals surface area contributed by atoms with Crippen molar-refractivity contribution in [2.24, 2.45) is 5.92 Å². The van der Waals surface area contributed by atoms with E-state index in [1.165, 1.54) is 12.1 Å². The summed E-state index contributed by atoms with van der Waals surface area (Å²) in [6, 6.07) is 11.8. The third-order valence-corrected chi connectivity index (χ3v) is 6.82. The largest absolute Gasteiger partial charge is 0.479 e. The van der Waals surface area contributed by atoms with Crippen molar-refractivity contribution in [3.8, 4) is 0 Å². The van der Waals surface area contributed by atoms with E-state index in [1.54, 1.807) is 18.2 Å². The fourth-order valence-electron chi connectivity index (χ4n) is 4.61. The second kappa shape index (κ2) is 14.4. The monoisotopic (exact) mass is 564 g/mol. The fourth-order valence-corrected chi connectivity index (χ4v) is 4.61. The van der Waals surface area contributed by atoms with Crippen LogP contribution >= 0.6 is 0 Å². The third-order valence-electron chi connectivity index (χ3n) is 6.82. The highest BCUT2D eigenvalue weighted by molar-refractivity contribution is 5.82. The molecule has 40 heavy (non-hydrogen) atoms. The van der Waals surface area contributed by atoms with Gasteiger partial charge in [0.1, 0.15) is 6.04 Å². The van der Waals surface area contributed by atoms with Crippen LogP contribution < -0.4 is 20.9 Å². The second-order valence-corrected chi connectivity index (χ2v) is 10.4. The van der Waals surface area contributed by atoms with E-state index in [4.69, 9.17) is 4.74 Å². The number of carbonyl (C=O) groups excluding carboxylic acids is 1. The van der Waals surface area contributed by atoms with E-state index < -0.39 is 36.2 Å². The first kappa shape index (κ1) is 31.2. The van der Waals surface area contributed by atoms with Crippen LogP contribution in [0.1, 0.15) is 45.2 Å². The Kier molecular flexibility index (Phi) is 11.2. The number of amides is 1. The average Bonchev–Trinajstić information content (AvgIpc) is 2.93. The zero-order chi connectivity index (χ0) is 29.3. The van der Waals surface area contributed by atoms with Crippen molar-refractivity contribution in [2.75, 3.05) is 36.5 Å². The maximum Gasteiger partial charge on any atom is 0.407 e. The minimum atomic E-state index is -4.56. The molecule has 8 nitrogen and oxygen atoms in total. The van der Waals surface area contributed by atoms with Gasteiger partial charge in [0, 0.05) is 30.5 Å². The van der Waals surface area contributed by atoms with Crippen molar-refractivity contribution in [3.63, 3.8) is 0 Å². The molecule has 1 fully saturated rings. The van der Waals surface area contributed by atoms with Crippen LogP contribution in [0.15, 0.2) is 54.6 Å². The molecule has 1 heterocycles. The Morgan fingerprint density at radius 3 is 2.35 bits per heavy atom. The van der Waals surface area contributed by atoms with Crippen LogP contribution in [0.5, 0.6) is 0 Å². The van der Waals surface area contributed by atoms with E-state index in [9.17, 15) is 27.9 Å². The van der Waals surface area contributed by atoms with Crippen molar-refractivity contribution in [1.82, 2.24) is 10.6 Å². The number of aliphatic carboxylic acids is 1. The van der Waals surface area contributed by atoms with Crippen molar-refractivity contribution < 1.29 is 32.6 Å². The summed E-state index contributed by atoms with van der Waals surface area (Å²) >= 11 is 0. The topological polar surface area (TPSA) is 103 Å². The number of carboxylic acids is 1. The molecule has 2 aromatic rings. The highest BCUT2D eigenvalue weighted by Gasteiger charge is 2.43. The maximum absolute atomic E-state index is 14.0. The summed E-state index contributed by atoms with van der Waals surface area (Å²) in [7, 11) is 0. The zero-order valence-electron chi connectivity index (χ0n) is 23.1. The van der Waals surface area contributed by atoms with E-state index >= 15 is 0 Å². The predicted octanol–water partition coefficient (Wildman–Crippen LogP) is 4.59. The van der Waals surface area contributed by atoms with Gasteiger partial charge in [-0.05, 0) is 48.6 Å². The molecular formula is C29H39F3N4O4. The van der Waals surface area contributed by atoms with E-state index in [0.29, 0.717) is 26.1 Å². The number of carboxylic acid groups (broad SMARTS) is 1. The summed E-state index contributed by atoms with van der Waals surface area (Å²) in [6.45, 7) is 7.21. The number of hydrogen-bond donors (Lipinski definition) is 4. The number of nitrogens with zero attached hydrogens (tertiary/aromatic N) is 1. The van der Waals surface area contributed by atoms with E-state index in [1.807, 2.05) is 49.9 Å². The molecule has 1 saturated heterocycles. The number of anilines is 2. The van der Waals surface area contributed by atoms with Crippen LogP contribution in [0.2, 0.25) is 0 Å². The molecule has 3 rings (SSSR count). The molecule has 0 saturated carbocycles. The SMILES string of the molecule is CC[C@@H](CNc1ccc(N2CCO[C@@H](C(=O)O)C2)cc1)NC(=O)[C@H](CC(C)C)N[C@@H](c1ccccc1)C(F)(F)F. The number of alkyl halides is 3. The minimum absolute atomic E-state index is 0.00173. The molecule has 0 aliphatic carbocycles. The second-order valence-electron chi connectivity index (χ2n) is 10.4. The van der Waals surface area contributed by atoms with Gasteiger partial charge in [-0.25, -0.2) is 4.79 Å². The third kappa shape index (κ3) is 9.12. The standard InChI is InChI=1S/C29H39F3N4O4/c1-4-21(17-33-22-10-12-23(13-11-22)36-14-15-40-25(18-36)28(38)39)34-27(37)24(16-19(2)3)35-26(29(30,31)32)20-8-6-5-7-9-20/h5-13,19,21,24-26,33,35H,4,14-18H2,1-3H3,(H,34,37)(H,38,39)/t21-,24-,25+,26-/m0/s1. The molecular weight excluding hydrogens is 525 g/mol. The number of nitrogens with one attached hydrogen (secondary N) is 3. The van der Waals surface area contributed by atoms with Gasteiger partial charge in [0.15, 0.2) is 6.10 Å². The molecule has 0 bridgehead atoms. The van der Waals surface area contributed by atoms with Gasteiger partial charge in [-0.15, -0.1) is 0 Å². The predicted molar refractivity (Wildman–Crippen MR) is 148 cm³/mol. The molecule has 0 spiro atoms. The Morgan fingerprint density at radius 2 is 1.77 bits per heavy atom. The minimum Gasteiger partial charge on any atom is -0.479 e. The van der Waals surface area contributed by atoms with Gasteiger partial charge < -0.3 is 25.4 Å². The van der Waals surface area contributed by atoms with Crippen molar-refractivity contribution in [2.45, 2.75) is 64.0 Å². The summed E-state index contributed by atoms with van der Waals surface area (Å²) in [5, 5.41) is 18.0. The number of halogens is 3. The van der Waals surface area contributed by atoms with E-state index in [2.05, 4.69) is 16.0 Å². The summed E-state index contributed by atoms with van der Waals surface area (Å²) < 4.78 is 47.2. The Balaban J connectivity index is 1.61. The Morgan fingerprint density at radius 1 is 1.10 bits per heavy atom.